The normalized spacial score (nSPS) is 60.2. The Balaban J connectivity index is 2.81. The maximum atomic E-state index is 10.4. The van der Waals surface area contributed by atoms with Crippen LogP contribution < -0.4 is 5.32 Å². The van der Waals surface area contributed by atoms with Crippen molar-refractivity contribution in [2.24, 2.45) is 0 Å². The summed E-state index contributed by atoms with van der Waals surface area (Å²) in [6, 6.07) is -1.28. The van der Waals surface area contributed by atoms with Crippen LogP contribution in [-0.2, 0) is 4.79 Å². The van der Waals surface area contributed by atoms with Crippen LogP contribution >= 0.6 is 0 Å². The number of carboxylic acids is 1. The van der Waals surface area contributed by atoms with Gasteiger partial charge in [-0.05, 0) is 19.3 Å². The van der Waals surface area contributed by atoms with E-state index in [-0.39, 0.29) is 0 Å². The van der Waals surface area contributed by atoms with Crippen LogP contribution in [0.25, 0.3) is 0 Å². The van der Waals surface area contributed by atoms with Gasteiger partial charge in [-0.25, -0.2) is 0 Å². The molecule has 3 heteroatoms. The van der Waals surface area contributed by atoms with Crippen molar-refractivity contribution in [2.45, 2.75) is 18.8 Å². The number of carboxylic acid groups (broad SMARTS) is 1. The molecule has 3 nitrogen and oxygen atoms in total. The van der Waals surface area contributed by atoms with Crippen LogP contribution in [0.4, 0.5) is 0 Å². The van der Waals surface area contributed by atoms with Gasteiger partial charge in [0.2, 0.25) is 0 Å². The first kappa shape index (κ1) is 2.35. The maximum absolute atomic E-state index is 10.4. The van der Waals surface area contributed by atoms with Crippen molar-refractivity contribution in [2.75, 3.05) is 6.50 Å². The van der Waals surface area contributed by atoms with Crippen LogP contribution in [0.5, 0.6) is 0 Å². The molecule has 0 radical (unpaired) electrons. The van der Waals surface area contributed by atoms with Gasteiger partial charge in [0, 0.05) is 5.48 Å². The number of aliphatic carboxylic acids is 1. The summed E-state index contributed by atoms with van der Waals surface area (Å²) < 4.78 is 28.6. The fourth-order valence-electron chi connectivity index (χ4n) is 0.474. The third-order valence-electron chi connectivity index (χ3n) is 0.877. The summed E-state index contributed by atoms with van der Waals surface area (Å²) in [5, 5.41) is 10.6. The number of carbonyl (C=O) groups is 1. The molecule has 0 aliphatic carbocycles. The predicted octanol–water partition coefficient (Wildman–Crippen LogP) is -0.177. The lowest BCUT2D eigenvalue weighted by molar-refractivity contribution is -0.139. The summed E-state index contributed by atoms with van der Waals surface area (Å²) in [5.74, 6) is -1.28. The Hall–Kier alpha value is -0.570. The minimum atomic E-state index is -2.07. The van der Waals surface area contributed by atoms with Gasteiger partial charge < -0.3 is 10.4 Å². The van der Waals surface area contributed by atoms with Gasteiger partial charge in [0.05, 0.1) is 0 Å². The van der Waals surface area contributed by atoms with Gasteiger partial charge >= 0.3 is 5.97 Å². The first-order chi connectivity index (χ1) is 5.36. The third kappa shape index (κ3) is 0.980. The van der Waals surface area contributed by atoms with Crippen LogP contribution in [0.2, 0.25) is 0 Å². The second-order valence-electron chi connectivity index (χ2n) is 1.46. The van der Waals surface area contributed by atoms with E-state index in [2.05, 4.69) is 5.32 Å². The van der Waals surface area contributed by atoms with Crippen molar-refractivity contribution in [1.29, 1.82) is 0 Å². The van der Waals surface area contributed by atoms with E-state index in [1.54, 1.807) is 0 Å². The predicted molar refractivity (Wildman–Crippen MR) is 28.7 cm³/mol. The lowest BCUT2D eigenvalue weighted by Gasteiger charge is -1.99. The van der Waals surface area contributed by atoms with Crippen molar-refractivity contribution in [3.05, 3.63) is 0 Å². The summed E-state index contributed by atoms with van der Waals surface area (Å²) in [4.78, 5) is 10.4. The molecule has 0 spiro atoms. The molecule has 0 aromatic rings. The van der Waals surface area contributed by atoms with Gasteiger partial charge in [0.1, 0.15) is 6.04 Å². The van der Waals surface area contributed by atoms with Gasteiger partial charge in [0.15, 0.2) is 0 Å². The van der Waals surface area contributed by atoms with E-state index in [0.717, 1.165) is 0 Å². The molecule has 0 amide bonds. The summed E-state index contributed by atoms with van der Waals surface area (Å²) in [7, 11) is 0. The molecule has 1 saturated heterocycles. The minimum Gasteiger partial charge on any atom is -0.480 e. The molecule has 1 fully saturated rings. The lowest BCUT2D eigenvalue weighted by Crippen LogP contribution is -2.29. The molecule has 0 aromatic heterocycles. The highest BCUT2D eigenvalue weighted by Gasteiger charge is 2.20. The fourth-order valence-corrected chi connectivity index (χ4v) is 0.474. The van der Waals surface area contributed by atoms with E-state index < -0.39 is 31.3 Å². The largest absolute Gasteiger partial charge is 0.480 e. The van der Waals surface area contributed by atoms with Crippen LogP contribution in [0.1, 0.15) is 18.3 Å². The van der Waals surface area contributed by atoms with Crippen molar-refractivity contribution >= 4 is 5.97 Å². The molecular weight excluding hydrogens is 106 g/mol. The molecule has 1 aliphatic rings. The molecule has 2 unspecified atom stereocenters. The van der Waals surface area contributed by atoms with E-state index in [1.807, 2.05) is 0 Å². The molecule has 0 aromatic carbocycles. The molecule has 0 saturated carbocycles. The second-order valence-corrected chi connectivity index (χ2v) is 1.46. The maximum Gasteiger partial charge on any atom is 0.320 e. The molecule has 8 heavy (non-hydrogen) atoms. The van der Waals surface area contributed by atoms with Crippen molar-refractivity contribution in [1.82, 2.24) is 5.32 Å². The van der Waals surface area contributed by atoms with Gasteiger partial charge in [-0.3, -0.25) is 4.79 Å². The molecular formula is C5H9NO2. The Morgan fingerprint density at radius 3 is 3.00 bits per heavy atom. The van der Waals surface area contributed by atoms with Gasteiger partial charge in [-0.15, -0.1) is 0 Å². The average Bonchev–Trinajstić information content (AvgIpc) is 2.14. The monoisotopic (exact) mass is 119 g/mol. The Kier molecular flexibility index (Phi) is 0.627. The van der Waals surface area contributed by atoms with Gasteiger partial charge in [0.25, 0.3) is 0 Å². The molecule has 3 atom stereocenters. The third-order valence-corrected chi connectivity index (χ3v) is 0.877. The summed E-state index contributed by atoms with van der Waals surface area (Å²) in [6.45, 7) is -2.07. The highest BCUT2D eigenvalue weighted by atomic mass is 16.4. The number of hydrogen-bond acceptors (Lipinski definition) is 2. The van der Waals surface area contributed by atoms with E-state index in [0.29, 0.717) is 0 Å². The van der Waals surface area contributed by atoms with E-state index in [9.17, 15) is 4.79 Å². The molecule has 0 bridgehead atoms. The number of hydrogen-bond donors (Lipinski definition) is 2. The van der Waals surface area contributed by atoms with Gasteiger partial charge in [-0.2, -0.15) is 0 Å². The zero-order valence-electron chi connectivity index (χ0n) is 8.09. The van der Waals surface area contributed by atoms with Crippen LogP contribution in [-0.4, -0.2) is 23.6 Å². The highest BCUT2D eigenvalue weighted by Crippen LogP contribution is 2.03. The van der Waals surface area contributed by atoms with E-state index in [1.165, 1.54) is 0 Å². The van der Waals surface area contributed by atoms with Crippen molar-refractivity contribution in [3.63, 3.8) is 0 Å². The van der Waals surface area contributed by atoms with Crippen LogP contribution in [0.15, 0.2) is 0 Å². The Morgan fingerprint density at radius 2 is 2.75 bits per heavy atom. The molecule has 2 N–H and O–H groups in total. The smallest absolute Gasteiger partial charge is 0.320 e. The number of nitrogens with one attached hydrogen (secondary N) is 1. The molecule has 46 valence electrons. The standard InChI is InChI=1S/C5H9NO2/c7-5(8)4-2-1-3-6-4/h4,6H,1-3H2,(H,7,8)/t4-/m0/s1/i1D,2D,3D2/t1?,2?,4-. The average molecular weight is 119 g/mol. The summed E-state index contributed by atoms with van der Waals surface area (Å²) >= 11 is 0. The zero-order chi connectivity index (χ0) is 9.52. The number of rotatable bonds is 1. The van der Waals surface area contributed by atoms with Crippen LogP contribution in [0.3, 0.4) is 0 Å². The Morgan fingerprint density at radius 1 is 2.00 bits per heavy atom. The SMILES string of the molecule is [2H]C1C([2H])C([2H])([2H])N[C@@H]1C(=O)O. The van der Waals surface area contributed by atoms with Crippen LogP contribution in [0, 0.1) is 0 Å². The minimum absolute atomic E-state index is 1.25. The summed E-state index contributed by atoms with van der Waals surface area (Å²) in [6.07, 6.45) is -2.60. The molecule has 1 rings (SSSR count). The highest BCUT2D eigenvalue weighted by molar-refractivity contribution is 5.73. The van der Waals surface area contributed by atoms with Crippen molar-refractivity contribution in [3.8, 4) is 0 Å². The fraction of sp³-hybridized carbons (Fsp3) is 0.800. The van der Waals surface area contributed by atoms with Gasteiger partial charge in [-0.1, -0.05) is 0 Å². The summed E-state index contributed by atoms with van der Waals surface area (Å²) in [5.41, 5.74) is 0. The molecule has 1 heterocycles. The van der Waals surface area contributed by atoms with Crippen molar-refractivity contribution < 1.29 is 15.4 Å². The Labute approximate surface area is 53.3 Å². The Bertz CT molecular complexity index is 210. The second kappa shape index (κ2) is 2.13. The van der Waals surface area contributed by atoms with E-state index >= 15 is 0 Å². The van der Waals surface area contributed by atoms with E-state index in [4.69, 9.17) is 10.6 Å². The zero-order valence-corrected chi connectivity index (χ0v) is 4.09. The topological polar surface area (TPSA) is 49.3 Å². The first-order valence-electron chi connectivity index (χ1n) is 4.37. The lowest BCUT2D eigenvalue weighted by atomic mass is 10.2. The quantitative estimate of drug-likeness (QED) is 0.503. The first-order valence-corrected chi connectivity index (χ1v) is 2.21. The molecule has 1 aliphatic heterocycles.